The maximum atomic E-state index is 11.6. The molecule has 1 aliphatic heterocycles. The van der Waals surface area contributed by atoms with Crippen LogP contribution < -0.4 is 5.73 Å². The molecule has 0 aliphatic carbocycles. The van der Waals surface area contributed by atoms with E-state index in [-0.39, 0.29) is 17.7 Å². The van der Waals surface area contributed by atoms with Crippen molar-refractivity contribution in [2.45, 2.75) is 13.3 Å². The lowest BCUT2D eigenvalue weighted by Crippen LogP contribution is -2.42. The molecule has 14 heavy (non-hydrogen) atoms. The van der Waals surface area contributed by atoms with E-state index in [0.717, 1.165) is 0 Å². The lowest BCUT2D eigenvalue weighted by atomic mass is 10.0. The number of rotatable bonds is 4. The van der Waals surface area contributed by atoms with Crippen molar-refractivity contribution in [3.8, 4) is 0 Å². The molecule has 2 N–H and O–H groups in total. The number of ether oxygens (including phenoxy) is 1. The molecule has 80 valence electrons. The summed E-state index contributed by atoms with van der Waals surface area (Å²) in [5.74, 6) is -0.0981. The predicted molar refractivity (Wildman–Crippen MR) is 50.4 cm³/mol. The van der Waals surface area contributed by atoms with Crippen LogP contribution in [0.4, 0.5) is 0 Å². The number of nitrogens with zero attached hydrogens (tertiary/aromatic N) is 1. The standard InChI is InChI=1S/C9H16N2O3/c1-7(12)11(3-2-10)9(13)4-8-5-14-6-8/h8H,2-6,10H2,1H3. The molecule has 1 aliphatic rings. The number of carbonyl (C=O) groups excluding carboxylic acids is 2. The summed E-state index contributed by atoms with van der Waals surface area (Å²) in [6.07, 6.45) is 0.388. The van der Waals surface area contributed by atoms with Crippen LogP contribution in [0.5, 0.6) is 0 Å². The minimum Gasteiger partial charge on any atom is -0.381 e. The second kappa shape index (κ2) is 5.07. The quantitative estimate of drug-likeness (QED) is 0.655. The molecular weight excluding hydrogens is 184 g/mol. The first kappa shape index (κ1) is 11.1. The lowest BCUT2D eigenvalue weighted by Gasteiger charge is -2.27. The molecule has 1 heterocycles. The Bertz CT molecular complexity index is 226. The van der Waals surface area contributed by atoms with Gasteiger partial charge in [0.1, 0.15) is 0 Å². The van der Waals surface area contributed by atoms with Gasteiger partial charge in [0, 0.05) is 32.4 Å². The first-order chi connectivity index (χ1) is 6.65. The van der Waals surface area contributed by atoms with Crippen molar-refractivity contribution in [2.24, 2.45) is 11.7 Å². The first-order valence-electron chi connectivity index (χ1n) is 4.74. The largest absolute Gasteiger partial charge is 0.381 e. The van der Waals surface area contributed by atoms with Crippen LogP contribution in [-0.2, 0) is 14.3 Å². The lowest BCUT2D eigenvalue weighted by molar-refractivity contribution is -0.146. The number of nitrogens with two attached hydrogens (primary N) is 1. The molecule has 1 rings (SSSR count). The smallest absolute Gasteiger partial charge is 0.229 e. The molecule has 0 aromatic heterocycles. The van der Waals surface area contributed by atoms with E-state index in [1.54, 1.807) is 0 Å². The van der Waals surface area contributed by atoms with E-state index in [2.05, 4.69) is 0 Å². The highest BCUT2D eigenvalue weighted by Gasteiger charge is 2.25. The zero-order chi connectivity index (χ0) is 10.6. The van der Waals surface area contributed by atoms with Crippen LogP contribution in [0.25, 0.3) is 0 Å². The molecule has 0 saturated carbocycles. The van der Waals surface area contributed by atoms with E-state index >= 15 is 0 Å². The van der Waals surface area contributed by atoms with E-state index in [1.807, 2.05) is 0 Å². The Hall–Kier alpha value is -0.940. The van der Waals surface area contributed by atoms with Crippen molar-refractivity contribution in [1.29, 1.82) is 0 Å². The summed E-state index contributed by atoms with van der Waals surface area (Å²) in [4.78, 5) is 23.9. The van der Waals surface area contributed by atoms with E-state index in [9.17, 15) is 9.59 Å². The van der Waals surface area contributed by atoms with Crippen molar-refractivity contribution < 1.29 is 14.3 Å². The molecule has 1 saturated heterocycles. The number of hydrogen-bond donors (Lipinski definition) is 1. The van der Waals surface area contributed by atoms with Gasteiger partial charge in [-0.2, -0.15) is 0 Å². The summed E-state index contributed by atoms with van der Waals surface area (Å²) in [6.45, 7) is 3.25. The molecule has 5 nitrogen and oxygen atoms in total. The average Bonchev–Trinajstić information content (AvgIpc) is 2.06. The van der Waals surface area contributed by atoms with Gasteiger partial charge >= 0.3 is 0 Å². The maximum absolute atomic E-state index is 11.6. The highest BCUT2D eigenvalue weighted by atomic mass is 16.5. The second-order valence-electron chi connectivity index (χ2n) is 3.46. The molecule has 0 unspecified atom stereocenters. The third kappa shape index (κ3) is 2.78. The van der Waals surface area contributed by atoms with Crippen molar-refractivity contribution >= 4 is 11.8 Å². The fourth-order valence-electron chi connectivity index (χ4n) is 1.35. The maximum Gasteiger partial charge on any atom is 0.229 e. The molecule has 0 atom stereocenters. The molecule has 1 fully saturated rings. The van der Waals surface area contributed by atoms with Crippen LogP contribution in [0.2, 0.25) is 0 Å². The second-order valence-corrected chi connectivity index (χ2v) is 3.46. The highest BCUT2D eigenvalue weighted by Crippen LogP contribution is 2.15. The zero-order valence-corrected chi connectivity index (χ0v) is 8.36. The molecule has 0 bridgehead atoms. The Morgan fingerprint density at radius 3 is 2.50 bits per heavy atom. The Labute approximate surface area is 83.2 Å². The van der Waals surface area contributed by atoms with Gasteiger partial charge in [-0.3, -0.25) is 14.5 Å². The van der Waals surface area contributed by atoms with Gasteiger partial charge in [-0.15, -0.1) is 0 Å². The molecule has 0 aromatic rings. The summed E-state index contributed by atoms with van der Waals surface area (Å²) in [6, 6.07) is 0. The average molecular weight is 200 g/mol. The van der Waals surface area contributed by atoms with Crippen LogP contribution in [0.1, 0.15) is 13.3 Å². The molecule has 0 aromatic carbocycles. The van der Waals surface area contributed by atoms with Crippen LogP contribution in [0.3, 0.4) is 0 Å². The van der Waals surface area contributed by atoms with Gasteiger partial charge in [0.15, 0.2) is 0 Å². The summed E-state index contributed by atoms with van der Waals surface area (Å²) in [5, 5.41) is 0. The number of carbonyl (C=O) groups is 2. The molecule has 0 spiro atoms. The van der Waals surface area contributed by atoms with Gasteiger partial charge in [0.05, 0.1) is 13.2 Å². The number of imide groups is 1. The fraction of sp³-hybridized carbons (Fsp3) is 0.778. The van der Waals surface area contributed by atoms with Gasteiger partial charge in [-0.25, -0.2) is 0 Å². The number of hydrogen-bond acceptors (Lipinski definition) is 4. The summed E-state index contributed by atoms with van der Waals surface area (Å²) < 4.78 is 4.96. The topological polar surface area (TPSA) is 72.6 Å². The summed E-state index contributed by atoms with van der Waals surface area (Å²) >= 11 is 0. The van der Waals surface area contributed by atoms with Crippen LogP contribution >= 0.6 is 0 Å². The minimum atomic E-state index is -0.235. The molecular formula is C9H16N2O3. The highest BCUT2D eigenvalue weighted by molar-refractivity contribution is 5.94. The van der Waals surface area contributed by atoms with Crippen molar-refractivity contribution in [3.05, 3.63) is 0 Å². The molecule has 0 radical (unpaired) electrons. The van der Waals surface area contributed by atoms with Gasteiger partial charge in [0.2, 0.25) is 11.8 Å². The van der Waals surface area contributed by atoms with Gasteiger partial charge in [0.25, 0.3) is 0 Å². The Morgan fingerprint density at radius 2 is 2.14 bits per heavy atom. The normalized spacial score (nSPS) is 16.1. The van der Waals surface area contributed by atoms with Crippen molar-refractivity contribution in [1.82, 2.24) is 4.90 Å². The summed E-state index contributed by atoms with van der Waals surface area (Å²) in [5.41, 5.74) is 5.31. The van der Waals surface area contributed by atoms with E-state index in [0.29, 0.717) is 32.7 Å². The minimum absolute atomic E-state index is 0.142. The molecule has 2 amide bonds. The Balaban J connectivity index is 2.40. The van der Waals surface area contributed by atoms with Gasteiger partial charge in [-0.05, 0) is 0 Å². The summed E-state index contributed by atoms with van der Waals surface area (Å²) in [7, 11) is 0. The third-order valence-electron chi connectivity index (χ3n) is 2.20. The van der Waals surface area contributed by atoms with E-state index in [4.69, 9.17) is 10.5 Å². The van der Waals surface area contributed by atoms with Crippen molar-refractivity contribution in [2.75, 3.05) is 26.3 Å². The van der Waals surface area contributed by atoms with Gasteiger partial charge < -0.3 is 10.5 Å². The van der Waals surface area contributed by atoms with Crippen LogP contribution in [0, 0.1) is 5.92 Å². The first-order valence-corrected chi connectivity index (χ1v) is 4.74. The van der Waals surface area contributed by atoms with Crippen molar-refractivity contribution in [3.63, 3.8) is 0 Å². The predicted octanol–water partition coefficient (Wildman–Crippen LogP) is -0.643. The monoisotopic (exact) mass is 200 g/mol. The SMILES string of the molecule is CC(=O)N(CCN)C(=O)CC1COC1. The fourth-order valence-corrected chi connectivity index (χ4v) is 1.35. The van der Waals surface area contributed by atoms with Gasteiger partial charge in [-0.1, -0.05) is 0 Å². The number of amides is 2. The van der Waals surface area contributed by atoms with Crippen LogP contribution in [-0.4, -0.2) is 43.0 Å². The van der Waals surface area contributed by atoms with Crippen LogP contribution in [0.15, 0.2) is 0 Å². The third-order valence-corrected chi connectivity index (χ3v) is 2.20. The Morgan fingerprint density at radius 1 is 1.50 bits per heavy atom. The van der Waals surface area contributed by atoms with E-state index in [1.165, 1.54) is 11.8 Å². The van der Waals surface area contributed by atoms with E-state index < -0.39 is 0 Å². The zero-order valence-electron chi connectivity index (χ0n) is 8.36. The Kier molecular flexibility index (Phi) is 4.03. The molecule has 5 heteroatoms.